The van der Waals surface area contributed by atoms with E-state index in [2.05, 4.69) is 44.1 Å². The van der Waals surface area contributed by atoms with Crippen molar-refractivity contribution < 1.29 is 4.39 Å². The Kier molecular flexibility index (Phi) is 4.96. The zero-order valence-corrected chi connectivity index (χ0v) is 13.7. The molecule has 0 unspecified atom stereocenters. The van der Waals surface area contributed by atoms with Crippen LogP contribution >= 0.6 is 0 Å². The summed E-state index contributed by atoms with van der Waals surface area (Å²) in [5.41, 5.74) is 3.16. The minimum Gasteiger partial charge on any atom is -0.369 e. The van der Waals surface area contributed by atoms with Crippen LogP contribution in [-0.2, 0) is 5.41 Å². The Morgan fingerprint density at radius 3 is 2.45 bits per heavy atom. The SMILES string of the molecule is CC(C)=Cc1cccc(NCC(C)(C)c2ccc(F)cc2)n1. The lowest BCUT2D eigenvalue weighted by Gasteiger charge is -2.26. The molecule has 22 heavy (non-hydrogen) atoms. The normalized spacial score (nSPS) is 11.1. The molecule has 0 amide bonds. The van der Waals surface area contributed by atoms with Gasteiger partial charge in [0.25, 0.3) is 0 Å². The zero-order valence-electron chi connectivity index (χ0n) is 13.7. The van der Waals surface area contributed by atoms with E-state index in [0.29, 0.717) is 0 Å². The summed E-state index contributed by atoms with van der Waals surface area (Å²) in [7, 11) is 0. The molecule has 1 N–H and O–H groups in total. The molecule has 1 heterocycles. The fourth-order valence-electron chi connectivity index (χ4n) is 2.24. The van der Waals surface area contributed by atoms with Crippen molar-refractivity contribution in [1.82, 2.24) is 4.98 Å². The highest BCUT2D eigenvalue weighted by Gasteiger charge is 2.20. The number of nitrogens with zero attached hydrogens (tertiary/aromatic N) is 1. The molecule has 3 heteroatoms. The van der Waals surface area contributed by atoms with Gasteiger partial charge in [0.1, 0.15) is 11.6 Å². The minimum absolute atomic E-state index is 0.109. The fourth-order valence-corrected chi connectivity index (χ4v) is 2.24. The highest BCUT2D eigenvalue weighted by molar-refractivity contribution is 5.51. The molecular formula is C19H23FN2. The van der Waals surface area contributed by atoms with Gasteiger partial charge in [-0.05, 0) is 49.8 Å². The summed E-state index contributed by atoms with van der Waals surface area (Å²) in [6.45, 7) is 9.10. The topological polar surface area (TPSA) is 24.9 Å². The first-order valence-electron chi connectivity index (χ1n) is 7.49. The van der Waals surface area contributed by atoms with E-state index >= 15 is 0 Å². The van der Waals surface area contributed by atoms with Crippen molar-refractivity contribution in [3.63, 3.8) is 0 Å². The first-order chi connectivity index (χ1) is 10.4. The maximum Gasteiger partial charge on any atom is 0.126 e. The quantitative estimate of drug-likeness (QED) is 0.837. The number of pyridine rings is 1. The molecular weight excluding hydrogens is 275 g/mol. The average molecular weight is 298 g/mol. The summed E-state index contributed by atoms with van der Waals surface area (Å²) in [6.07, 6.45) is 2.05. The third kappa shape index (κ3) is 4.42. The van der Waals surface area contributed by atoms with Gasteiger partial charge in [0.15, 0.2) is 0 Å². The molecule has 0 spiro atoms. The molecule has 1 aromatic heterocycles. The first kappa shape index (κ1) is 16.2. The number of rotatable bonds is 5. The maximum absolute atomic E-state index is 13.0. The predicted octanol–water partition coefficient (Wildman–Crippen LogP) is 5.03. The molecule has 0 aliphatic carbocycles. The Hall–Kier alpha value is -2.16. The molecule has 2 aromatic rings. The molecule has 0 aliphatic heterocycles. The number of allylic oxidation sites excluding steroid dienone is 1. The van der Waals surface area contributed by atoms with Crippen LogP contribution in [0, 0.1) is 5.82 Å². The molecule has 116 valence electrons. The molecule has 0 aliphatic rings. The molecule has 1 aromatic carbocycles. The zero-order chi connectivity index (χ0) is 16.2. The second-order valence-electron chi connectivity index (χ2n) is 6.41. The van der Waals surface area contributed by atoms with E-state index in [4.69, 9.17) is 0 Å². The van der Waals surface area contributed by atoms with Crippen molar-refractivity contribution in [1.29, 1.82) is 0 Å². The molecule has 0 atom stereocenters. The molecule has 0 fully saturated rings. The van der Waals surface area contributed by atoms with E-state index in [9.17, 15) is 4.39 Å². The Morgan fingerprint density at radius 2 is 1.82 bits per heavy atom. The fraction of sp³-hybridized carbons (Fsp3) is 0.316. The minimum atomic E-state index is -0.205. The van der Waals surface area contributed by atoms with Crippen molar-refractivity contribution in [2.45, 2.75) is 33.1 Å². The van der Waals surface area contributed by atoms with E-state index in [-0.39, 0.29) is 11.2 Å². The lowest BCUT2D eigenvalue weighted by atomic mass is 9.84. The number of nitrogens with one attached hydrogen (secondary N) is 1. The van der Waals surface area contributed by atoms with Crippen molar-refractivity contribution >= 4 is 11.9 Å². The monoisotopic (exact) mass is 298 g/mol. The summed E-state index contributed by atoms with van der Waals surface area (Å²) in [5.74, 6) is 0.647. The second-order valence-corrected chi connectivity index (χ2v) is 6.41. The number of aromatic nitrogens is 1. The van der Waals surface area contributed by atoms with E-state index in [1.165, 1.54) is 17.7 Å². The van der Waals surface area contributed by atoms with Gasteiger partial charge < -0.3 is 5.32 Å². The van der Waals surface area contributed by atoms with Gasteiger partial charge in [-0.1, -0.05) is 37.6 Å². The van der Waals surface area contributed by atoms with Crippen molar-refractivity contribution in [2.75, 3.05) is 11.9 Å². The van der Waals surface area contributed by atoms with Gasteiger partial charge in [0.05, 0.1) is 5.69 Å². The first-order valence-corrected chi connectivity index (χ1v) is 7.49. The van der Waals surface area contributed by atoms with E-state index in [1.54, 1.807) is 0 Å². The largest absolute Gasteiger partial charge is 0.369 e. The number of hydrogen-bond acceptors (Lipinski definition) is 2. The molecule has 0 saturated heterocycles. The van der Waals surface area contributed by atoms with Gasteiger partial charge >= 0.3 is 0 Å². The van der Waals surface area contributed by atoms with Gasteiger partial charge in [-0.2, -0.15) is 0 Å². The van der Waals surface area contributed by atoms with Gasteiger partial charge in [-0.3, -0.25) is 0 Å². The maximum atomic E-state index is 13.0. The van der Waals surface area contributed by atoms with Gasteiger partial charge in [0.2, 0.25) is 0 Å². The summed E-state index contributed by atoms with van der Waals surface area (Å²) < 4.78 is 13.0. The third-order valence-corrected chi connectivity index (χ3v) is 3.54. The van der Waals surface area contributed by atoms with Crippen LogP contribution in [0.3, 0.4) is 0 Å². The summed E-state index contributed by atoms with van der Waals surface area (Å²) in [4.78, 5) is 4.58. The van der Waals surface area contributed by atoms with Crippen molar-refractivity contribution in [3.05, 3.63) is 65.1 Å². The molecule has 2 rings (SSSR count). The van der Waals surface area contributed by atoms with Crippen LogP contribution < -0.4 is 5.32 Å². The van der Waals surface area contributed by atoms with Gasteiger partial charge in [-0.15, -0.1) is 0 Å². The van der Waals surface area contributed by atoms with Gasteiger partial charge in [-0.25, -0.2) is 9.37 Å². The second kappa shape index (κ2) is 6.73. The van der Waals surface area contributed by atoms with E-state index in [0.717, 1.165) is 23.6 Å². The van der Waals surface area contributed by atoms with Crippen LogP contribution in [0.2, 0.25) is 0 Å². The predicted molar refractivity (Wildman–Crippen MR) is 91.5 cm³/mol. The number of hydrogen-bond donors (Lipinski definition) is 1. The molecule has 0 bridgehead atoms. The lowest BCUT2D eigenvalue weighted by molar-refractivity contribution is 0.552. The number of anilines is 1. The van der Waals surface area contributed by atoms with Crippen LogP contribution in [0.5, 0.6) is 0 Å². The third-order valence-electron chi connectivity index (χ3n) is 3.54. The van der Waals surface area contributed by atoms with Crippen molar-refractivity contribution in [3.8, 4) is 0 Å². The van der Waals surface area contributed by atoms with Crippen LogP contribution in [-0.4, -0.2) is 11.5 Å². The number of benzene rings is 1. The molecule has 0 radical (unpaired) electrons. The Morgan fingerprint density at radius 1 is 1.14 bits per heavy atom. The standard InChI is InChI=1S/C19H23FN2/c1-14(2)12-17-6-5-7-18(22-17)21-13-19(3,4)15-8-10-16(20)11-9-15/h5-12H,13H2,1-4H3,(H,21,22). The van der Waals surface area contributed by atoms with E-state index < -0.39 is 0 Å². The highest BCUT2D eigenvalue weighted by atomic mass is 19.1. The molecule has 0 saturated carbocycles. The summed E-state index contributed by atoms with van der Waals surface area (Å²) >= 11 is 0. The Labute approximate surface area is 132 Å². The Bertz CT molecular complexity index is 653. The van der Waals surface area contributed by atoms with E-state index in [1.807, 2.05) is 30.3 Å². The lowest BCUT2D eigenvalue weighted by Crippen LogP contribution is -2.27. The molecule has 2 nitrogen and oxygen atoms in total. The summed E-state index contributed by atoms with van der Waals surface area (Å²) in [6, 6.07) is 12.6. The Balaban J connectivity index is 2.08. The smallest absolute Gasteiger partial charge is 0.126 e. The highest BCUT2D eigenvalue weighted by Crippen LogP contribution is 2.24. The number of halogens is 1. The van der Waals surface area contributed by atoms with Crippen LogP contribution in [0.4, 0.5) is 10.2 Å². The van der Waals surface area contributed by atoms with Crippen LogP contribution in [0.15, 0.2) is 48.0 Å². The summed E-state index contributed by atoms with van der Waals surface area (Å²) in [5, 5.41) is 3.38. The van der Waals surface area contributed by atoms with Crippen LogP contribution in [0.1, 0.15) is 39.0 Å². The van der Waals surface area contributed by atoms with Crippen molar-refractivity contribution in [2.24, 2.45) is 0 Å². The van der Waals surface area contributed by atoms with Crippen LogP contribution in [0.25, 0.3) is 6.08 Å². The van der Waals surface area contributed by atoms with Gasteiger partial charge in [0, 0.05) is 12.0 Å². The average Bonchev–Trinajstić information content (AvgIpc) is 2.45.